The molecule has 0 aromatic heterocycles. The lowest BCUT2D eigenvalue weighted by molar-refractivity contribution is -0.125. The molecule has 1 aromatic carbocycles. The highest BCUT2D eigenvalue weighted by Crippen LogP contribution is 2.34. The molecule has 2 fully saturated rings. The normalized spacial score (nSPS) is 28.1. The monoisotopic (exact) mass is 355 g/mol. The van der Waals surface area contributed by atoms with Gasteiger partial charge >= 0.3 is 0 Å². The minimum atomic E-state index is -0.259. The van der Waals surface area contributed by atoms with Crippen LogP contribution in [0.25, 0.3) is 0 Å². The van der Waals surface area contributed by atoms with Crippen molar-refractivity contribution in [3.05, 3.63) is 29.6 Å². The fraction of sp³-hybridized carbons (Fsp3) is 0.611. The third kappa shape index (κ3) is 3.58. The second kappa shape index (κ2) is 7.38. The van der Waals surface area contributed by atoms with E-state index in [9.17, 15) is 9.18 Å². The van der Waals surface area contributed by atoms with Crippen molar-refractivity contribution in [1.29, 1.82) is 0 Å². The summed E-state index contributed by atoms with van der Waals surface area (Å²) in [6.07, 6.45) is 2.92. The molecule has 4 nitrogen and oxygen atoms in total. The Hall–Kier alpha value is -1.17. The van der Waals surface area contributed by atoms with Crippen molar-refractivity contribution in [2.45, 2.75) is 39.2 Å². The Balaban J connectivity index is 0.00000208. The van der Waals surface area contributed by atoms with Crippen LogP contribution in [0.15, 0.2) is 18.2 Å². The number of carbonyl (C=O) groups is 1. The van der Waals surface area contributed by atoms with Gasteiger partial charge in [0.15, 0.2) is 0 Å². The topological polar surface area (TPSA) is 49.6 Å². The van der Waals surface area contributed by atoms with Crippen molar-refractivity contribution in [2.75, 3.05) is 31.1 Å². The van der Waals surface area contributed by atoms with Crippen LogP contribution in [0, 0.1) is 18.2 Å². The predicted molar refractivity (Wildman–Crippen MR) is 97.1 cm³/mol. The van der Waals surface area contributed by atoms with E-state index in [4.69, 9.17) is 5.73 Å². The van der Waals surface area contributed by atoms with E-state index < -0.39 is 0 Å². The van der Waals surface area contributed by atoms with Gasteiger partial charge in [0, 0.05) is 18.8 Å². The summed E-state index contributed by atoms with van der Waals surface area (Å²) in [5.74, 6) is -0.113. The van der Waals surface area contributed by atoms with Crippen LogP contribution in [0.2, 0.25) is 0 Å². The summed E-state index contributed by atoms with van der Waals surface area (Å²) in [6.45, 7) is 7.24. The number of aryl methyl sites for hydroxylation is 1. The van der Waals surface area contributed by atoms with Crippen LogP contribution in [0.3, 0.4) is 0 Å². The molecule has 0 saturated carbocycles. The number of nitrogens with zero attached hydrogens (tertiary/aromatic N) is 2. The molecule has 6 heteroatoms. The number of benzene rings is 1. The Morgan fingerprint density at radius 1 is 1.38 bits per heavy atom. The van der Waals surface area contributed by atoms with Gasteiger partial charge in [-0.25, -0.2) is 4.39 Å². The van der Waals surface area contributed by atoms with Crippen molar-refractivity contribution in [1.82, 2.24) is 4.90 Å². The molecule has 2 aliphatic heterocycles. The van der Waals surface area contributed by atoms with Crippen LogP contribution < -0.4 is 10.6 Å². The van der Waals surface area contributed by atoms with Gasteiger partial charge < -0.3 is 10.6 Å². The lowest BCUT2D eigenvalue weighted by Crippen LogP contribution is -2.52. The molecular formula is C18H27ClFN3O. The number of anilines is 1. The molecule has 134 valence electrons. The van der Waals surface area contributed by atoms with E-state index in [1.165, 1.54) is 12.1 Å². The third-order valence-electron chi connectivity index (χ3n) is 5.38. The van der Waals surface area contributed by atoms with Crippen molar-refractivity contribution in [2.24, 2.45) is 11.1 Å². The highest BCUT2D eigenvalue weighted by Gasteiger charge is 2.41. The number of rotatable bonds is 3. The Bertz CT molecular complexity index is 612. The standard InChI is InChI=1S/C18H26FN3O.ClH/c1-13-10-14(19)5-6-15(13)22-8-3-4-16(17(22)23)21-9-7-18(2,11-20)12-21;/h5-6,10,16H,3-4,7-9,11-12,20H2,1-2H3;1H. The summed E-state index contributed by atoms with van der Waals surface area (Å²) in [4.78, 5) is 17.1. The maximum absolute atomic E-state index is 13.3. The molecule has 1 amide bonds. The number of likely N-dealkylation sites (tertiary alicyclic amines) is 1. The minimum Gasteiger partial charge on any atom is -0.330 e. The summed E-state index contributed by atoms with van der Waals surface area (Å²) in [5.41, 5.74) is 7.66. The number of nitrogens with two attached hydrogens (primary N) is 1. The number of amides is 1. The summed E-state index contributed by atoms with van der Waals surface area (Å²) >= 11 is 0. The molecular weight excluding hydrogens is 329 g/mol. The van der Waals surface area contributed by atoms with Gasteiger partial charge in [0.05, 0.1) is 6.04 Å². The molecule has 24 heavy (non-hydrogen) atoms. The van der Waals surface area contributed by atoms with Crippen LogP contribution in [0.1, 0.15) is 31.7 Å². The van der Waals surface area contributed by atoms with Crippen molar-refractivity contribution in [3.63, 3.8) is 0 Å². The first-order valence-corrected chi connectivity index (χ1v) is 8.45. The zero-order chi connectivity index (χ0) is 16.6. The lowest BCUT2D eigenvalue weighted by Gasteiger charge is -2.38. The second-order valence-corrected chi connectivity index (χ2v) is 7.31. The Morgan fingerprint density at radius 2 is 2.12 bits per heavy atom. The molecule has 3 rings (SSSR count). The molecule has 2 atom stereocenters. The summed E-state index contributed by atoms with van der Waals surface area (Å²) in [6, 6.07) is 4.58. The van der Waals surface area contributed by atoms with Crippen LogP contribution in [0.5, 0.6) is 0 Å². The molecule has 0 aliphatic carbocycles. The van der Waals surface area contributed by atoms with Gasteiger partial charge in [-0.15, -0.1) is 12.4 Å². The summed E-state index contributed by atoms with van der Waals surface area (Å²) < 4.78 is 13.3. The molecule has 2 saturated heterocycles. The van der Waals surface area contributed by atoms with E-state index in [0.29, 0.717) is 13.1 Å². The van der Waals surface area contributed by atoms with E-state index in [1.807, 2.05) is 11.8 Å². The van der Waals surface area contributed by atoms with E-state index in [-0.39, 0.29) is 35.6 Å². The highest BCUT2D eigenvalue weighted by atomic mass is 35.5. The number of piperidine rings is 1. The van der Waals surface area contributed by atoms with Crippen LogP contribution in [0.4, 0.5) is 10.1 Å². The maximum atomic E-state index is 13.3. The zero-order valence-corrected chi connectivity index (χ0v) is 15.2. The van der Waals surface area contributed by atoms with E-state index in [0.717, 1.165) is 43.6 Å². The van der Waals surface area contributed by atoms with Gasteiger partial charge in [0.2, 0.25) is 5.91 Å². The Labute approximate surface area is 149 Å². The van der Waals surface area contributed by atoms with Crippen molar-refractivity contribution >= 4 is 24.0 Å². The maximum Gasteiger partial charge on any atom is 0.244 e. The van der Waals surface area contributed by atoms with Gasteiger partial charge in [-0.3, -0.25) is 9.69 Å². The largest absolute Gasteiger partial charge is 0.330 e. The summed E-state index contributed by atoms with van der Waals surface area (Å²) in [5, 5.41) is 0. The van der Waals surface area contributed by atoms with E-state index in [1.54, 1.807) is 6.07 Å². The zero-order valence-electron chi connectivity index (χ0n) is 14.4. The Morgan fingerprint density at radius 3 is 2.75 bits per heavy atom. The molecule has 0 radical (unpaired) electrons. The number of halogens is 2. The molecule has 2 unspecified atom stereocenters. The van der Waals surface area contributed by atoms with Gasteiger partial charge in [0.25, 0.3) is 0 Å². The van der Waals surface area contributed by atoms with Gasteiger partial charge in [-0.2, -0.15) is 0 Å². The third-order valence-corrected chi connectivity index (χ3v) is 5.38. The minimum absolute atomic E-state index is 0. The first-order valence-electron chi connectivity index (χ1n) is 8.45. The quantitative estimate of drug-likeness (QED) is 0.907. The van der Waals surface area contributed by atoms with Gasteiger partial charge in [-0.05, 0) is 68.5 Å². The highest BCUT2D eigenvalue weighted by molar-refractivity contribution is 5.98. The fourth-order valence-corrected chi connectivity index (χ4v) is 3.85. The van der Waals surface area contributed by atoms with E-state index >= 15 is 0 Å². The average Bonchev–Trinajstić information content (AvgIpc) is 2.91. The number of carbonyl (C=O) groups excluding carboxylic acids is 1. The molecule has 2 N–H and O–H groups in total. The molecule has 1 aromatic rings. The Kier molecular flexibility index (Phi) is 5.89. The SMILES string of the molecule is Cc1cc(F)ccc1N1CCCC(N2CCC(C)(CN)C2)C1=O.Cl. The van der Waals surface area contributed by atoms with Crippen LogP contribution >= 0.6 is 12.4 Å². The van der Waals surface area contributed by atoms with Gasteiger partial charge in [-0.1, -0.05) is 6.92 Å². The molecule has 0 spiro atoms. The van der Waals surface area contributed by atoms with E-state index in [2.05, 4.69) is 11.8 Å². The summed E-state index contributed by atoms with van der Waals surface area (Å²) in [7, 11) is 0. The number of hydrogen-bond donors (Lipinski definition) is 1. The van der Waals surface area contributed by atoms with Crippen LogP contribution in [-0.2, 0) is 4.79 Å². The smallest absolute Gasteiger partial charge is 0.244 e. The lowest BCUT2D eigenvalue weighted by atomic mass is 9.90. The first-order chi connectivity index (χ1) is 10.9. The molecule has 2 heterocycles. The van der Waals surface area contributed by atoms with Gasteiger partial charge in [0.1, 0.15) is 5.82 Å². The van der Waals surface area contributed by atoms with Crippen molar-refractivity contribution in [3.8, 4) is 0 Å². The fourth-order valence-electron chi connectivity index (χ4n) is 3.85. The predicted octanol–water partition coefficient (Wildman–Crippen LogP) is 2.72. The first kappa shape index (κ1) is 19.2. The average molecular weight is 356 g/mol. The van der Waals surface area contributed by atoms with Crippen molar-refractivity contribution < 1.29 is 9.18 Å². The number of hydrogen-bond acceptors (Lipinski definition) is 3. The second-order valence-electron chi connectivity index (χ2n) is 7.31. The molecule has 0 bridgehead atoms. The van der Waals surface area contributed by atoms with Crippen LogP contribution in [-0.4, -0.2) is 43.0 Å². The molecule has 2 aliphatic rings.